The lowest BCUT2D eigenvalue weighted by Crippen LogP contribution is -2.33. The molecule has 0 fully saturated rings. The van der Waals surface area contributed by atoms with Crippen LogP contribution in [-0.2, 0) is 11.2 Å². The van der Waals surface area contributed by atoms with Gasteiger partial charge < -0.3 is 5.32 Å². The molecule has 0 saturated heterocycles. The molecule has 0 heterocycles. The van der Waals surface area contributed by atoms with Crippen molar-refractivity contribution < 1.29 is 9.18 Å². The Morgan fingerprint density at radius 3 is 2.30 bits per heavy atom. The van der Waals surface area contributed by atoms with E-state index in [0.717, 1.165) is 5.56 Å². The molecular formula is C17H18FNO. The van der Waals surface area contributed by atoms with Crippen LogP contribution in [0.1, 0.15) is 19.4 Å². The second-order valence-electron chi connectivity index (χ2n) is 5.48. The molecule has 1 amide bonds. The summed E-state index contributed by atoms with van der Waals surface area (Å²) in [4.78, 5) is 12.3. The minimum atomic E-state index is -0.608. The summed E-state index contributed by atoms with van der Waals surface area (Å²) in [6, 6.07) is 16.0. The first kappa shape index (κ1) is 14.3. The van der Waals surface area contributed by atoms with E-state index in [9.17, 15) is 9.18 Å². The minimum absolute atomic E-state index is 0.188. The van der Waals surface area contributed by atoms with Gasteiger partial charge in [0.15, 0.2) is 0 Å². The van der Waals surface area contributed by atoms with Crippen molar-refractivity contribution in [3.05, 3.63) is 66.0 Å². The molecule has 104 valence electrons. The van der Waals surface area contributed by atoms with Gasteiger partial charge in [-0.3, -0.25) is 4.79 Å². The molecule has 0 aliphatic rings. The molecule has 0 aliphatic carbocycles. The van der Waals surface area contributed by atoms with Crippen molar-refractivity contribution in [1.29, 1.82) is 0 Å². The summed E-state index contributed by atoms with van der Waals surface area (Å²) >= 11 is 0. The fraction of sp³-hybridized carbons (Fsp3) is 0.235. The molecule has 0 aromatic heterocycles. The van der Waals surface area contributed by atoms with E-state index in [4.69, 9.17) is 0 Å². The number of anilines is 1. The Labute approximate surface area is 118 Å². The number of benzene rings is 2. The Morgan fingerprint density at radius 1 is 1.05 bits per heavy atom. The maximum atomic E-state index is 13.6. The van der Waals surface area contributed by atoms with Gasteiger partial charge in [-0.25, -0.2) is 4.39 Å². The normalized spacial score (nSPS) is 11.2. The topological polar surface area (TPSA) is 29.1 Å². The molecule has 3 heteroatoms. The third-order valence-corrected chi connectivity index (χ3v) is 3.23. The van der Waals surface area contributed by atoms with E-state index < -0.39 is 11.2 Å². The summed E-state index contributed by atoms with van der Waals surface area (Å²) in [7, 11) is 0. The van der Waals surface area contributed by atoms with Crippen LogP contribution in [0.5, 0.6) is 0 Å². The molecule has 2 rings (SSSR count). The fourth-order valence-corrected chi connectivity index (χ4v) is 2.04. The van der Waals surface area contributed by atoms with Gasteiger partial charge in [-0.15, -0.1) is 0 Å². The van der Waals surface area contributed by atoms with Gasteiger partial charge in [0.05, 0.1) is 5.69 Å². The quantitative estimate of drug-likeness (QED) is 0.893. The van der Waals surface area contributed by atoms with Gasteiger partial charge in [0, 0.05) is 5.41 Å². The van der Waals surface area contributed by atoms with E-state index in [2.05, 4.69) is 5.32 Å². The van der Waals surface area contributed by atoms with Crippen molar-refractivity contribution in [3.63, 3.8) is 0 Å². The van der Waals surface area contributed by atoms with E-state index in [-0.39, 0.29) is 11.6 Å². The van der Waals surface area contributed by atoms with Crippen molar-refractivity contribution in [3.8, 4) is 0 Å². The van der Waals surface area contributed by atoms with Crippen LogP contribution in [0.15, 0.2) is 54.6 Å². The van der Waals surface area contributed by atoms with Gasteiger partial charge >= 0.3 is 0 Å². The zero-order valence-corrected chi connectivity index (χ0v) is 11.7. The molecule has 0 saturated carbocycles. The minimum Gasteiger partial charge on any atom is -0.323 e. The van der Waals surface area contributed by atoms with Crippen LogP contribution in [0.2, 0.25) is 0 Å². The van der Waals surface area contributed by atoms with Crippen LogP contribution in [0.4, 0.5) is 10.1 Å². The van der Waals surface area contributed by atoms with Crippen molar-refractivity contribution in [2.45, 2.75) is 20.3 Å². The molecule has 0 unspecified atom stereocenters. The summed E-state index contributed by atoms with van der Waals surface area (Å²) in [6.45, 7) is 3.71. The first-order valence-electron chi connectivity index (χ1n) is 6.59. The van der Waals surface area contributed by atoms with E-state index in [1.807, 2.05) is 44.2 Å². The lowest BCUT2D eigenvalue weighted by atomic mass is 9.84. The number of carbonyl (C=O) groups excluding carboxylic acids is 1. The van der Waals surface area contributed by atoms with Crippen LogP contribution in [0.3, 0.4) is 0 Å². The molecular weight excluding hydrogens is 253 g/mol. The Hall–Kier alpha value is -2.16. The standard InChI is InChI=1S/C17H18FNO/c1-17(2,12-13-8-4-3-5-9-13)16(20)19-15-11-7-6-10-14(15)18/h3-11H,12H2,1-2H3,(H,19,20). The highest BCUT2D eigenvalue weighted by Gasteiger charge is 2.28. The summed E-state index contributed by atoms with van der Waals surface area (Å²) in [5.74, 6) is -0.609. The zero-order valence-electron chi connectivity index (χ0n) is 11.7. The number of hydrogen-bond donors (Lipinski definition) is 1. The predicted molar refractivity (Wildman–Crippen MR) is 79.0 cm³/mol. The highest BCUT2D eigenvalue weighted by atomic mass is 19.1. The van der Waals surface area contributed by atoms with Crippen molar-refractivity contribution >= 4 is 11.6 Å². The van der Waals surface area contributed by atoms with Crippen LogP contribution < -0.4 is 5.32 Å². The monoisotopic (exact) mass is 271 g/mol. The van der Waals surface area contributed by atoms with E-state index in [0.29, 0.717) is 6.42 Å². The van der Waals surface area contributed by atoms with Crippen LogP contribution in [0, 0.1) is 11.2 Å². The van der Waals surface area contributed by atoms with Gasteiger partial charge in [0.2, 0.25) is 5.91 Å². The number of para-hydroxylation sites is 1. The first-order valence-corrected chi connectivity index (χ1v) is 6.59. The molecule has 20 heavy (non-hydrogen) atoms. The number of rotatable bonds is 4. The summed E-state index contributed by atoms with van der Waals surface area (Å²) in [6.07, 6.45) is 0.605. The Balaban J connectivity index is 2.10. The van der Waals surface area contributed by atoms with E-state index in [1.54, 1.807) is 18.2 Å². The van der Waals surface area contributed by atoms with E-state index >= 15 is 0 Å². The maximum Gasteiger partial charge on any atom is 0.230 e. The molecule has 0 aliphatic heterocycles. The molecule has 0 atom stereocenters. The average Bonchev–Trinajstić information content (AvgIpc) is 2.42. The highest BCUT2D eigenvalue weighted by molar-refractivity contribution is 5.95. The highest BCUT2D eigenvalue weighted by Crippen LogP contribution is 2.24. The molecule has 0 spiro atoms. The largest absolute Gasteiger partial charge is 0.323 e. The lowest BCUT2D eigenvalue weighted by Gasteiger charge is -2.23. The molecule has 1 N–H and O–H groups in total. The molecule has 2 nitrogen and oxygen atoms in total. The molecule has 2 aromatic carbocycles. The Morgan fingerprint density at radius 2 is 1.65 bits per heavy atom. The number of halogens is 1. The van der Waals surface area contributed by atoms with Crippen LogP contribution in [0.25, 0.3) is 0 Å². The SMILES string of the molecule is CC(C)(Cc1ccccc1)C(=O)Nc1ccccc1F. The van der Waals surface area contributed by atoms with Crippen LogP contribution in [-0.4, -0.2) is 5.91 Å². The van der Waals surface area contributed by atoms with Gasteiger partial charge in [0.25, 0.3) is 0 Å². The molecule has 2 aromatic rings. The van der Waals surface area contributed by atoms with Crippen molar-refractivity contribution in [1.82, 2.24) is 0 Å². The van der Waals surface area contributed by atoms with Crippen molar-refractivity contribution in [2.24, 2.45) is 5.41 Å². The third-order valence-electron chi connectivity index (χ3n) is 3.23. The zero-order chi connectivity index (χ0) is 14.6. The first-order chi connectivity index (χ1) is 9.49. The van der Waals surface area contributed by atoms with Gasteiger partial charge in [-0.1, -0.05) is 56.3 Å². The number of nitrogens with one attached hydrogen (secondary N) is 1. The van der Waals surface area contributed by atoms with E-state index in [1.165, 1.54) is 6.07 Å². The predicted octanol–water partition coefficient (Wildman–Crippen LogP) is 4.03. The second kappa shape index (κ2) is 5.87. The summed E-state index contributed by atoms with van der Waals surface area (Å²) in [5, 5.41) is 2.66. The smallest absolute Gasteiger partial charge is 0.230 e. The number of carbonyl (C=O) groups is 1. The lowest BCUT2D eigenvalue weighted by molar-refractivity contribution is -0.123. The van der Waals surface area contributed by atoms with Gasteiger partial charge in [-0.05, 0) is 24.1 Å². The molecule has 0 bridgehead atoms. The van der Waals surface area contributed by atoms with Gasteiger partial charge in [0.1, 0.15) is 5.82 Å². The third kappa shape index (κ3) is 3.44. The Bertz CT molecular complexity index is 593. The molecule has 0 radical (unpaired) electrons. The summed E-state index contributed by atoms with van der Waals surface area (Å²) in [5.41, 5.74) is 0.698. The average molecular weight is 271 g/mol. The Kier molecular flexibility index (Phi) is 4.18. The number of amides is 1. The van der Waals surface area contributed by atoms with Crippen LogP contribution >= 0.6 is 0 Å². The van der Waals surface area contributed by atoms with Gasteiger partial charge in [-0.2, -0.15) is 0 Å². The second-order valence-corrected chi connectivity index (χ2v) is 5.48. The fourth-order valence-electron chi connectivity index (χ4n) is 2.04. The van der Waals surface area contributed by atoms with Crippen molar-refractivity contribution in [2.75, 3.05) is 5.32 Å². The summed E-state index contributed by atoms with van der Waals surface area (Å²) < 4.78 is 13.6. The maximum absolute atomic E-state index is 13.6. The number of hydrogen-bond acceptors (Lipinski definition) is 1.